The van der Waals surface area contributed by atoms with E-state index in [9.17, 15) is 9.59 Å². The molecule has 2 fully saturated rings. The molecule has 1 aromatic carbocycles. The van der Waals surface area contributed by atoms with Gasteiger partial charge in [-0.1, -0.05) is 6.07 Å². The third-order valence-corrected chi connectivity index (χ3v) is 5.58. The van der Waals surface area contributed by atoms with Gasteiger partial charge in [-0.05, 0) is 55.4 Å². The molecule has 6 nitrogen and oxygen atoms in total. The second-order valence-electron chi connectivity index (χ2n) is 7.28. The zero-order valence-electron chi connectivity index (χ0n) is 15.1. The fourth-order valence-electron chi connectivity index (χ4n) is 4.03. The molecule has 0 saturated carbocycles. The first-order chi connectivity index (χ1) is 12.7. The second-order valence-corrected chi connectivity index (χ2v) is 7.28. The van der Waals surface area contributed by atoms with Gasteiger partial charge in [-0.3, -0.25) is 9.59 Å². The van der Waals surface area contributed by atoms with Crippen molar-refractivity contribution in [3.63, 3.8) is 0 Å². The highest BCUT2D eigenvalue weighted by molar-refractivity contribution is 5.82. The van der Waals surface area contributed by atoms with Crippen molar-refractivity contribution in [1.29, 1.82) is 0 Å². The quantitative estimate of drug-likeness (QED) is 0.816. The summed E-state index contributed by atoms with van der Waals surface area (Å²) in [6.45, 7) is 3.00. The SMILES string of the molecule is O=C(COc1ccc2c(c1)CCC2)N1CCN(C(=O)C2CCCO2)CC1. The minimum Gasteiger partial charge on any atom is -0.484 e. The zero-order chi connectivity index (χ0) is 17.9. The van der Waals surface area contributed by atoms with Crippen LogP contribution in [-0.2, 0) is 27.2 Å². The molecular weight excluding hydrogens is 332 g/mol. The van der Waals surface area contributed by atoms with E-state index in [0.717, 1.165) is 31.4 Å². The summed E-state index contributed by atoms with van der Waals surface area (Å²) in [7, 11) is 0. The van der Waals surface area contributed by atoms with E-state index < -0.39 is 0 Å². The topological polar surface area (TPSA) is 59.1 Å². The van der Waals surface area contributed by atoms with Crippen LogP contribution in [0.5, 0.6) is 5.75 Å². The van der Waals surface area contributed by atoms with Crippen LogP contribution in [0, 0.1) is 0 Å². The number of carbonyl (C=O) groups excluding carboxylic acids is 2. The van der Waals surface area contributed by atoms with Gasteiger partial charge < -0.3 is 19.3 Å². The molecule has 26 heavy (non-hydrogen) atoms. The summed E-state index contributed by atoms with van der Waals surface area (Å²) in [5.41, 5.74) is 2.74. The molecule has 0 spiro atoms. The molecule has 0 aromatic heterocycles. The van der Waals surface area contributed by atoms with Crippen LogP contribution in [0.3, 0.4) is 0 Å². The molecule has 1 aliphatic carbocycles. The lowest BCUT2D eigenvalue weighted by molar-refractivity contribution is -0.146. The summed E-state index contributed by atoms with van der Waals surface area (Å²) >= 11 is 0. The Labute approximate surface area is 154 Å². The van der Waals surface area contributed by atoms with Crippen LogP contribution in [0.2, 0.25) is 0 Å². The van der Waals surface area contributed by atoms with Gasteiger partial charge in [0.15, 0.2) is 6.61 Å². The summed E-state index contributed by atoms with van der Waals surface area (Å²) in [6.07, 6.45) is 4.93. The molecule has 0 N–H and O–H groups in total. The number of hydrogen-bond acceptors (Lipinski definition) is 4. The summed E-state index contributed by atoms with van der Waals surface area (Å²) < 4.78 is 11.2. The standard InChI is InChI=1S/C20H26N2O4/c23-19(14-26-17-7-6-15-3-1-4-16(15)13-17)21-8-10-22(11-9-21)20(24)18-5-2-12-25-18/h6-7,13,18H,1-5,8-12,14H2. The molecule has 1 atom stereocenters. The number of benzene rings is 1. The van der Waals surface area contributed by atoms with Crippen LogP contribution in [-0.4, -0.2) is 67.1 Å². The van der Waals surface area contributed by atoms with Gasteiger partial charge in [-0.15, -0.1) is 0 Å². The first kappa shape index (κ1) is 17.3. The number of rotatable bonds is 4. The van der Waals surface area contributed by atoms with Crippen LogP contribution in [0.1, 0.15) is 30.4 Å². The van der Waals surface area contributed by atoms with Crippen molar-refractivity contribution in [1.82, 2.24) is 9.80 Å². The molecule has 1 aromatic rings. The van der Waals surface area contributed by atoms with E-state index in [2.05, 4.69) is 12.1 Å². The molecular formula is C20H26N2O4. The van der Waals surface area contributed by atoms with Crippen molar-refractivity contribution in [3.8, 4) is 5.75 Å². The van der Waals surface area contributed by atoms with E-state index in [1.807, 2.05) is 11.0 Å². The molecule has 0 bridgehead atoms. The smallest absolute Gasteiger partial charge is 0.260 e. The Morgan fingerprint density at radius 2 is 1.81 bits per heavy atom. The maximum Gasteiger partial charge on any atom is 0.260 e. The minimum absolute atomic E-state index is 0.0188. The molecule has 2 aliphatic heterocycles. The van der Waals surface area contributed by atoms with E-state index in [0.29, 0.717) is 32.8 Å². The van der Waals surface area contributed by atoms with E-state index in [-0.39, 0.29) is 24.5 Å². The van der Waals surface area contributed by atoms with Crippen molar-refractivity contribution in [2.45, 2.75) is 38.2 Å². The summed E-state index contributed by atoms with van der Waals surface area (Å²) in [5.74, 6) is 0.824. The van der Waals surface area contributed by atoms with Crippen molar-refractivity contribution in [3.05, 3.63) is 29.3 Å². The molecule has 140 valence electrons. The zero-order valence-corrected chi connectivity index (χ0v) is 15.1. The minimum atomic E-state index is -0.277. The number of piperazine rings is 1. The average molecular weight is 358 g/mol. The van der Waals surface area contributed by atoms with E-state index in [1.165, 1.54) is 17.5 Å². The number of aryl methyl sites for hydroxylation is 2. The van der Waals surface area contributed by atoms with Gasteiger partial charge in [0, 0.05) is 32.8 Å². The van der Waals surface area contributed by atoms with E-state index in [4.69, 9.17) is 9.47 Å². The third kappa shape index (κ3) is 3.70. The highest BCUT2D eigenvalue weighted by Gasteiger charge is 2.31. The maximum absolute atomic E-state index is 12.4. The molecule has 6 heteroatoms. The molecule has 4 rings (SSSR count). The fourth-order valence-corrected chi connectivity index (χ4v) is 4.03. The van der Waals surface area contributed by atoms with Gasteiger partial charge in [0.1, 0.15) is 11.9 Å². The summed E-state index contributed by atoms with van der Waals surface area (Å²) in [4.78, 5) is 28.4. The Bertz CT molecular complexity index is 676. The number of carbonyl (C=O) groups is 2. The van der Waals surface area contributed by atoms with Crippen molar-refractivity contribution in [2.24, 2.45) is 0 Å². The molecule has 1 unspecified atom stereocenters. The number of ether oxygens (including phenoxy) is 2. The van der Waals surface area contributed by atoms with Gasteiger partial charge in [0.2, 0.25) is 0 Å². The predicted molar refractivity (Wildman–Crippen MR) is 96.1 cm³/mol. The number of fused-ring (bicyclic) bond motifs is 1. The Morgan fingerprint density at radius 1 is 1.04 bits per heavy atom. The first-order valence-corrected chi connectivity index (χ1v) is 9.63. The van der Waals surface area contributed by atoms with Crippen molar-refractivity contribution >= 4 is 11.8 Å². The van der Waals surface area contributed by atoms with E-state index in [1.54, 1.807) is 4.90 Å². The number of nitrogens with zero attached hydrogens (tertiary/aromatic N) is 2. The molecule has 2 amide bonds. The Kier molecular flexibility index (Phi) is 5.11. The van der Waals surface area contributed by atoms with Crippen LogP contribution >= 0.6 is 0 Å². The van der Waals surface area contributed by atoms with Crippen molar-refractivity contribution in [2.75, 3.05) is 39.4 Å². The van der Waals surface area contributed by atoms with Gasteiger partial charge in [-0.2, -0.15) is 0 Å². The van der Waals surface area contributed by atoms with E-state index >= 15 is 0 Å². The van der Waals surface area contributed by atoms with Gasteiger partial charge in [0.05, 0.1) is 0 Å². The van der Waals surface area contributed by atoms with Gasteiger partial charge in [-0.25, -0.2) is 0 Å². The van der Waals surface area contributed by atoms with Gasteiger partial charge >= 0.3 is 0 Å². The van der Waals surface area contributed by atoms with Crippen LogP contribution in [0.15, 0.2) is 18.2 Å². The molecule has 0 radical (unpaired) electrons. The van der Waals surface area contributed by atoms with Crippen LogP contribution in [0.25, 0.3) is 0 Å². The monoisotopic (exact) mass is 358 g/mol. The van der Waals surface area contributed by atoms with Crippen LogP contribution in [0.4, 0.5) is 0 Å². The summed E-state index contributed by atoms with van der Waals surface area (Å²) in [6, 6.07) is 6.13. The van der Waals surface area contributed by atoms with Crippen LogP contribution < -0.4 is 4.74 Å². The molecule has 3 aliphatic rings. The Hall–Kier alpha value is -2.08. The van der Waals surface area contributed by atoms with Gasteiger partial charge in [0.25, 0.3) is 11.8 Å². The normalized spacial score (nSPS) is 22.4. The molecule has 2 heterocycles. The maximum atomic E-state index is 12.4. The largest absolute Gasteiger partial charge is 0.484 e. The fraction of sp³-hybridized carbons (Fsp3) is 0.600. The number of hydrogen-bond donors (Lipinski definition) is 0. The lowest BCUT2D eigenvalue weighted by Gasteiger charge is -2.35. The second kappa shape index (κ2) is 7.66. The predicted octanol–water partition coefficient (Wildman–Crippen LogP) is 1.40. The Morgan fingerprint density at radius 3 is 2.58 bits per heavy atom. The Balaban J connectivity index is 1.24. The number of amides is 2. The summed E-state index contributed by atoms with van der Waals surface area (Å²) in [5, 5.41) is 0. The lowest BCUT2D eigenvalue weighted by Crippen LogP contribution is -2.53. The third-order valence-electron chi connectivity index (χ3n) is 5.58. The molecule has 2 saturated heterocycles. The van der Waals surface area contributed by atoms with Crippen molar-refractivity contribution < 1.29 is 19.1 Å². The lowest BCUT2D eigenvalue weighted by atomic mass is 10.1. The first-order valence-electron chi connectivity index (χ1n) is 9.63. The average Bonchev–Trinajstić information content (AvgIpc) is 3.37. The highest BCUT2D eigenvalue weighted by atomic mass is 16.5. The highest BCUT2D eigenvalue weighted by Crippen LogP contribution is 2.26.